The maximum absolute atomic E-state index is 11.6. The molecule has 1 aromatic carbocycles. The lowest BCUT2D eigenvalue weighted by Crippen LogP contribution is -2.17. The van der Waals surface area contributed by atoms with Crippen molar-refractivity contribution < 1.29 is 8.42 Å². The van der Waals surface area contributed by atoms with Crippen LogP contribution in [0.5, 0.6) is 0 Å². The average molecular weight is 306 g/mol. The summed E-state index contributed by atoms with van der Waals surface area (Å²) in [6.45, 7) is 3.81. The zero-order valence-electron chi connectivity index (χ0n) is 12.0. The number of benzene rings is 1. The van der Waals surface area contributed by atoms with Crippen molar-refractivity contribution in [1.82, 2.24) is 10.2 Å². The maximum Gasteiger partial charge on any atom is 0.233 e. The van der Waals surface area contributed by atoms with Crippen molar-refractivity contribution in [2.45, 2.75) is 20.3 Å². The van der Waals surface area contributed by atoms with Gasteiger partial charge in [0.25, 0.3) is 0 Å². The fourth-order valence-electron chi connectivity index (χ4n) is 1.80. The molecule has 0 saturated heterocycles. The molecule has 7 heteroatoms. The van der Waals surface area contributed by atoms with E-state index in [-0.39, 0.29) is 11.6 Å². The lowest BCUT2D eigenvalue weighted by atomic mass is 10.2. The molecule has 1 heterocycles. The Bertz CT molecular complexity index is 699. The molecule has 0 aliphatic rings. The molecule has 0 spiro atoms. The fourth-order valence-corrected chi connectivity index (χ4v) is 2.87. The summed E-state index contributed by atoms with van der Waals surface area (Å²) in [7, 11) is -3.33. The van der Waals surface area contributed by atoms with Crippen LogP contribution in [0.25, 0.3) is 0 Å². The Kier molecular flexibility index (Phi) is 4.74. The molecule has 2 rings (SSSR count). The highest BCUT2D eigenvalue weighted by atomic mass is 32.2. The minimum atomic E-state index is -3.33. The molecule has 0 aliphatic carbocycles. The Morgan fingerprint density at radius 3 is 2.43 bits per heavy atom. The van der Waals surface area contributed by atoms with Crippen molar-refractivity contribution >= 4 is 27.3 Å². The van der Waals surface area contributed by atoms with Crippen molar-refractivity contribution in [3.63, 3.8) is 0 Å². The van der Waals surface area contributed by atoms with Crippen LogP contribution in [0.2, 0.25) is 0 Å². The summed E-state index contributed by atoms with van der Waals surface area (Å²) >= 11 is 0. The molecule has 21 heavy (non-hydrogen) atoms. The molecule has 1 aromatic heterocycles. The first-order valence-corrected chi connectivity index (χ1v) is 8.31. The molecule has 6 nitrogen and oxygen atoms in total. The van der Waals surface area contributed by atoms with E-state index >= 15 is 0 Å². The van der Waals surface area contributed by atoms with E-state index in [1.54, 1.807) is 19.1 Å². The van der Waals surface area contributed by atoms with Crippen LogP contribution in [-0.4, -0.2) is 24.4 Å². The molecule has 0 saturated carbocycles. The summed E-state index contributed by atoms with van der Waals surface area (Å²) in [4.78, 5) is 0. The number of anilines is 3. The van der Waals surface area contributed by atoms with Crippen LogP contribution >= 0.6 is 0 Å². The molecule has 2 aromatic rings. The number of rotatable bonds is 6. The van der Waals surface area contributed by atoms with Gasteiger partial charge in [-0.3, -0.25) is 4.72 Å². The predicted octanol–water partition coefficient (Wildman–Crippen LogP) is 2.68. The van der Waals surface area contributed by atoms with E-state index in [2.05, 4.69) is 20.2 Å². The molecule has 0 aliphatic heterocycles. The van der Waals surface area contributed by atoms with Gasteiger partial charge >= 0.3 is 0 Å². The largest absolute Gasteiger partial charge is 0.339 e. The molecule has 0 unspecified atom stereocenters. The molecule has 112 valence electrons. The normalized spacial score (nSPS) is 11.1. The van der Waals surface area contributed by atoms with Crippen molar-refractivity contribution in [2.24, 2.45) is 0 Å². The van der Waals surface area contributed by atoms with E-state index < -0.39 is 10.0 Å². The third kappa shape index (κ3) is 4.71. The average Bonchev–Trinajstić information content (AvgIpc) is 2.40. The van der Waals surface area contributed by atoms with Crippen molar-refractivity contribution in [3.05, 3.63) is 42.0 Å². The predicted molar refractivity (Wildman–Crippen MR) is 84.2 cm³/mol. The van der Waals surface area contributed by atoms with Gasteiger partial charge in [-0.15, -0.1) is 10.2 Å². The van der Waals surface area contributed by atoms with Crippen LogP contribution in [0.3, 0.4) is 0 Å². The number of hydrogen-bond donors (Lipinski definition) is 2. The summed E-state index contributed by atoms with van der Waals surface area (Å²) in [5.74, 6) is 0.843. The fraction of sp³-hybridized carbons (Fsp3) is 0.286. The van der Waals surface area contributed by atoms with E-state index in [1.165, 1.54) is 0 Å². The monoisotopic (exact) mass is 306 g/mol. The third-order valence-corrected chi connectivity index (χ3v) is 4.15. The Morgan fingerprint density at radius 1 is 1.10 bits per heavy atom. The van der Waals surface area contributed by atoms with Crippen LogP contribution in [0, 0.1) is 6.92 Å². The number of hydrogen-bond acceptors (Lipinski definition) is 5. The van der Waals surface area contributed by atoms with Crippen LogP contribution < -0.4 is 10.0 Å². The lowest BCUT2D eigenvalue weighted by molar-refractivity contribution is 0.599. The van der Waals surface area contributed by atoms with E-state index in [0.29, 0.717) is 12.2 Å². The quantitative estimate of drug-likeness (QED) is 0.857. The van der Waals surface area contributed by atoms with Crippen LogP contribution in [-0.2, 0) is 10.0 Å². The Hall–Kier alpha value is -2.15. The first-order valence-electron chi connectivity index (χ1n) is 6.66. The standard InChI is InChI=1S/C14H18N4O2S/c1-3-9-21(19,20)18-14-8-7-13(16-17-14)15-12-6-4-5-11(2)10-12/h4-8,10H,3,9H2,1-2H3,(H,15,16)(H,17,18). The summed E-state index contributed by atoms with van der Waals surface area (Å²) < 4.78 is 25.6. The molecule has 0 bridgehead atoms. The number of aromatic nitrogens is 2. The molecule has 0 amide bonds. The summed E-state index contributed by atoms with van der Waals surface area (Å²) in [6, 6.07) is 11.1. The van der Waals surface area contributed by atoms with Crippen LogP contribution in [0.15, 0.2) is 36.4 Å². The van der Waals surface area contributed by atoms with Crippen LogP contribution in [0.4, 0.5) is 17.3 Å². The van der Waals surface area contributed by atoms with E-state index in [4.69, 9.17) is 0 Å². The van der Waals surface area contributed by atoms with Gasteiger partial charge < -0.3 is 5.32 Å². The molecule has 0 fully saturated rings. The van der Waals surface area contributed by atoms with Gasteiger partial charge in [0.15, 0.2) is 11.6 Å². The summed E-state index contributed by atoms with van der Waals surface area (Å²) in [6.07, 6.45) is 0.551. The van der Waals surface area contributed by atoms with Crippen LogP contribution in [0.1, 0.15) is 18.9 Å². The molecule has 0 atom stereocenters. The topological polar surface area (TPSA) is 84.0 Å². The maximum atomic E-state index is 11.6. The number of aryl methyl sites for hydroxylation is 1. The van der Waals surface area contributed by atoms with Gasteiger partial charge in [-0.25, -0.2) is 8.42 Å². The smallest absolute Gasteiger partial charge is 0.233 e. The van der Waals surface area contributed by atoms with E-state index in [0.717, 1.165) is 11.3 Å². The SMILES string of the molecule is CCCS(=O)(=O)Nc1ccc(Nc2cccc(C)c2)nn1. The molecular weight excluding hydrogens is 288 g/mol. The molecular formula is C14H18N4O2S. The summed E-state index contributed by atoms with van der Waals surface area (Å²) in [5, 5.41) is 10.9. The number of nitrogens with zero attached hydrogens (tertiary/aromatic N) is 2. The zero-order chi connectivity index (χ0) is 15.3. The molecule has 0 radical (unpaired) electrons. The van der Waals surface area contributed by atoms with Gasteiger partial charge in [0, 0.05) is 5.69 Å². The second-order valence-electron chi connectivity index (χ2n) is 4.72. The zero-order valence-corrected chi connectivity index (χ0v) is 12.8. The Labute approximate surface area is 124 Å². The first kappa shape index (κ1) is 15.2. The van der Waals surface area contributed by atoms with Crippen molar-refractivity contribution in [1.29, 1.82) is 0 Å². The minimum Gasteiger partial charge on any atom is -0.339 e. The Balaban J connectivity index is 2.05. The number of nitrogens with one attached hydrogen (secondary N) is 2. The van der Waals surface area contributed by atoms with Crippen molar-refractivity contribution in [2.75, 3.05) is 15.8 Å². The summed E-state index contributed by atoms with van der Waals surface area (Å²) in [5.41, 5.74) is 2.04. The lowest BCUT2D eigenvalue weighted by Gasteiger charge is -2.08. The first-order chi connectivity index (χ1) is 9.98. The molecule has 2 N–H and O–H groups in total. The second kappa shape index (κ2) is 6.53. The van der Waals surface area contributed by atoms with Gasteiger partial charge in [0.05, 0.1) is 5.75 Å². The van der Waals surface area contributed by atoms with Crippen molar-refractivity contribution in [3.8, 4) is 0 Å². The second-order valence-corrected chi connectivity index (χ2v) is 6.56. The minimum absolute atomic E-state index is 0.0674. The van der Waals surface area contributed by atoms with E-state index in [1.807, 2.05) is 31.2 Å². The van der Waals surface area contributed by atoms with E-state index in [9.17, 15) is 8.42 Å². The highest BCUT2D eigenvalue weighted by Crippen LogP contribution is 2.16. The van der Waals surface area contributed by atoms with Gasteiger partial charge in [-0.1, -0.05) is 19.1 Å². The van der Waals surface area contributed by atoms with Gasteiger partial charge in [-0.2, -0.15) is 0 Å². The highest BCUT2D eigenvalue weighted by Gasteiger charge is 2.09. The van der Waals surface area contributed by atoms with Gasteiger partial charge in [0.1, 0.15) is 0 Å². The van der Waals surface area contributed by atoms with Gasteiger partial charge in [-0.05, 0) is 43.2 Å². The highest BCUT2D eigenvalue weighted by molar-refractivity contribution is 7.92. The third-order valence-electron chi connectivity index (χ3n) is 2.69. The Morgan fingerprint density at radius 2 is 1.81 bits per heavy atom. The number of sulfonamides is 1. The van der Waals surface area contributed by atoms with Gasteiger partial charge in [0.2, 0.25) is 10.0 Å².